The van der Waals surface area contributed by atoms with Crippen LogP contribution in [0.25, 0.3) is 0 Å². The van der Waals surface area contributed by atoms with Gasteiger partial charge in [-0.25, -0.2) is 0 Å². The second kappa shape index (κ2) is 8.67. The average Bonchev–Trinajstić information content (AvgIpc) is 2.58. The Kier molecular flexibility index (Phi) is 6.58. The molecular formula is C19H21BrN2O3. The van der Waals surface area contributed by atoms with Gasteiger partial charge < -0.3 is 15.0 Å². The number of amides is 2. The Labute approximate surface area is 156 Å². The smallest absolute Gasteiger partial charge is 0.263 e. The summed E-state index contributed by atoms with van der Waals surface area (Å²) in [5.74, 6) is 0.0825. The Morgan fingerprint density at radius 3 is 2.32 bits per heavy atom. The zero-order chi connectivity index (χ0) is 18.4. The van der Waals surface area contributed by atoms with E-state index in [1.807, 2.05) is 43.3 Å². The maximum absolute atomic E-state index is 12.4. The molecule has 0 aliphatic rings. The van der Waals surface area contributed by atoms with E-state index in [2.05, 4.69) is 21.2 Å². The van der Waals surface area contributed by atoms with Crippen molar-refractivity contribution in [2.24, 2.45) is 0 Å². The van der Waals surface area contributed by atoms with Crippen molar-refractivity contribution >= 4 is 33.4 Å². The van der Waals surface area contributed by atoms with E-state index in [-0.39, 0.29) is 18.4 Å². The lowest BCUT2D eigenvalue weighted by Crippen LogP contribution is -2.41. The van der Waals surface area contributed by atoms with Crippen molar-refractivity contribution in [2.45, 2.75) is 20.0 Å². The van der Waals surface area contributed by atoms with Crippen molar-refractivity contribution in [3.05, 3.63) is 58.6 Å². The fourth-order valence-corrected chi connectivity index (χ4v) is 2.47. The molecule has 1 N–H and O–H groups in total. The lowest BCUT2D eigenvalue weighted by molar-refractivity contribution is -0.139. The average molecular weight is 405 g/mol. The van der Waals surface area contributed by atoms with E-state index in [1.165, 1.54) is 4.90 Å². The summed E-state index contributed by atoms with van der Waals surface area (Å²) in [6, 6.07) is 14.7. The Morgan fingerprint density at radius 2 is 1.72 bits per heavy atom. The first kappa shape index (κ1) is 19.0. The number of carbonyl (C=O) groups is 2. The molecule has 2 aromatic carbocycles. The molecular weight excluding hydrogens is 384 g/mol. The Morgan fingerprint density at radius 1 is 1.12 bits per heavy atom. The van der Waals surface area contributed by atoms with Crippen LogP contribution in [0.2, 0.25) is 0 Å². The van der Waals surface area contributed by atoms with Gasteiger partial charge in [0.2, 0.25) is 5.91 Å². The van der Waals surface area contributed by atoms with Gasteiger partial charge in [0.1, 0.15) is 5.75 Å². The van der Waals surface area contributed by atoms with E-state index >= 15 is 0 Å². The minimum Gasteiger partial charge on any atom is -0.481 e. The number of nitrogens with zero attached hydrogens (tertiary/aromatic N) is 1. The SMILES string of the molecule is Cc1ccc(NC(=O)CN(C)C(=O)[C@H](C)Oc2ccc(Br)cc2)cc1. The number of likely N-dealkylation sites (N-methyl/N-ethyl adjacent to an activating group) is 1. The van der Waals surface area contributed by atoms with Gasteiger partial charge in [-0.3, -0.25) is 9.59 Å². The zero-order valence-corrected chi connectivity index (χ0v) is 16.0. The molecule has 0 spiro atoms. The Bertz CT molecular complexity index is 729. The second-order valence-corrected chi connectivity index (χ2v) is 6.74. The minimum absolute atomic E-state index is 0.0409. The normalized spacial score (nSPS) is 11.5. The Balaban J connectivity index is 1.86. The van der Waals surface area contributed by atoms with Crippen LogP contribution in [0.1, 0.15) is 12.5 Å². The van der Waals surface area contributed by atoms with Gasteiger partial charge in [0.25, 0.3) is 5.91 Å². The molecule has 0 fully saturated rings. The number of rotatable bonds is 6. The van der Waals surface area contributed by atoms with Crippen molar-refractivity contribution in [1.82, 2.24) is 4.90 Å². The van der Waals surface area contributed by atoms with Gasteiger partial charge in [-0.05, 0) is 50.2 Å². The summed E-state index contributed by atoms with van der Waals surface area (Å²) in [6.07, 6.45) is -0.682. The fraction of sp³-hybridized carbons (Fsp3) is 0.263. The van der Waals surface area contributed by atoms with Crippen LogP contribution < -0.4 is 10.1 Å². The van der Waals surface area contributed by atoms with E-state index in [0.717, 1.165) is 10.0 Å². The second-order valence-electron chi connectivity index (χ2n) is 5.82. The van der Waals surface area contributed by atoms with Crippen LogP contribution in [0.5, 0.6) is 5.75 Å². The summed E-state index contributed by atoms with van der Waals surface area (Å²) < 4.78 is 6.56. The fourth-order valence-electron chi connectivity index (χ4n) is 2.21. The largest absolute Gasteiger partial charge is 0.481 e. The zero-order valence-electron chi connectivity index (χ0n) is 14.5. The highest BCUT2D eigenvalue weighted by atomic mass is 79.9. The number of ether oxygens (including phenoxy) is 1. The molecule has 2 aromatic rings. The standard InChI is InChI=1S/C19H21BrN2O3/c1-13-4-8-16(9-5-13)21-18(23)12-22(3)19(24)14(2)25-17-10-6-15(20)7-11-17/h4-11,14H,12H2,1-3H3,(H,21,23)/t14-/m0/s1. The molecule has 0 aliphatic heterocycles. The topological polar surface area (TPSA) is 58.6 Å². The van der Waals surface area contributed by atoms with Crippen molar-refractivity contribution in [2.75, 3.05) is 18.9 Å². The van der Waals surface area contributed by atoms with Crippen molar-refractivity contribution < 1.29 is 14.3 Å². The Hall–Kier alpha value is -2.34. The van der Waals surface area contributed by atoms with E-state index in [1.54, 1.807) is 26.1 Å². The summed E-state index contributed by atoms with van der Waals surface area (Å²) in [7, 11) is 1.58. The number of anilines is 1. The molecule has 1 atom stereocenters. The van der Waals surface area contributed by atoms with E-state index in [9.17, 15) is 9.59 Å². The lowest BCUT2D eigenvalue weighted by atomic mass is 10.2. The molecule has 2 rings (SSSR count). The van der Waals surface area contributed by atoms with Crippen molar-refractivity contribution in [1.29, 1.82) is 0 Å². The molecule has 0 unspecified atom stereocenters. The van der Waals surface area contributed by atoms with Gasteiger partial charge in [0.15, 0.2) is 6.10 Å². The summed E-state index contributed by atoms with van der Waals surface area (Å²) in [6.45, 7) is 3.60. The molecule has 0 aliphatic carbocycles. The molecule has 2 amide bonds. The van der Waals surface area contributed by atoms with Crippen molar-refractivity contribution in [3.63, 3.8) is 0 Å². The van der Waals surface area contributed by atoms with Crippen LogP contribution in [0, 0.1) is 6.92 Å². The molecule has 5 nitrogen and oxygen atoms in total. The molecule has 132 valence electrons. The predicted octanol–water partition coefficient (Wildman–Crippen LogP) is 3.62. The summed E-state index contributed by atoms with van der Waals surface area (Å²) >= 11 is 3.35. The van der Waals surface area contributed by atoms with Crippen LogP contribution >= 0.6 is 15.9 Å². The summed E-state index contributed by atoms with van der Waals surface area (Å²) in [4.78, 5) is 25.8. The maximum atomic E-state index is 12.4. The number of halogens is 1. The molecule has 0 aromatic heterocycles. The van der Waals surface area contributed by atoms with Crippen LogP contribution in [-0.4, -0.2) is 36.4 Å². The maximum Gasteiger partial charge on any atom is 0.263 e. The number of benzene rings is 2. The van der Waals surface area contributed by atoms with Gasteiger partial charge in [0, 0.05) is 17.2 Å². The van der Waals surface area contributed by atoms with Gasteiger partial charge in [-0.2, -0.15) is 0 Å². The number of aryl methyl sites for hydroxylation is 1. The van der Waals surface area contributed by atoms with Gasteiger partial charge in [-0.1, -0.05) is 33.6 Å². The van der Waals surface area contributed by atoms with E-state index < -0.39 is 6.10 Å². The van der Waals surface area contributed by atoms with E-state index in [4.69, 9.17) is 4.74 Å². The van der Waals surface area contributed by atoms with Gasteiger partial charge in [0.05, 0.1) is 6.54 Å². The van der Waals surface area contributed by atoms with Crippen LogP contribution in [0.15, 0.2) is 53.0 Å². The first-order valence-corrected chi connectivity index (χ1v) is 8.68. The highest BCUT2D eigenvalue weighted by Gasteiger charge is 2.21. The lowest BCUT2D eigenvalue weighted by Gasteiger charge is -2.21. The number of hydrogen-bond acceptors (Lipinski definition) is 3. The number of nitrogens with one attached hydrogen (secondary N) is 1. The van der Waals surface area contributed by atoms with Crippen LogP contribution in [-0.2, 0) is 9.59 Å². The van der Waals surface area contributed by atoms with Crippen molar-refractivity contribution in [3.8, 4) is 5.75 Å². The van der Waals surface area contributed by atoms with Crippen LogP contribution in [0.4, 0.5) is 5.69 Å². The third kappa shape index (κ3) is 5.90. The molecule has 0 saturated carbocycles. The quantitative estimate of drug-likeness (QED) is 0.799. The van der Waals surface area contributed by atoms with Crippen LogP contribution in [0.3, 0.4) is 0 Å². The van der Waals surface area contributed by atoms with E-state index in [0.29, 0.717) is 11.4 Å². The summed E-state index contributed by atoms with van der Waals surface area (Å²) in [5, 5.41) is 2.77. The number of carbonyl (C=O) groups excluding carboxylic acids is 2. The highest BCUT2D eigenvalue weighted by molar-refractivity contribution is 9.10. The third-order valence-electron chi connectivity index (χ3n) is 3.57. The number of hydrogen-bond donors (Lipinski definition) is 1. The van der Waals surface area contributed by atoms with Gasteiger partial charge >= 0.3 is 0 Å². The third-order valence-corrected chi connectivity index (χ3v) is 4.10. The molecule has 6 heteroatoms. The summed E-state index contributed by atoms with van der Waals surface area (Å²) in [5.41, 5.74) is 1.82. The minimum atomic E-state index is -0.682. The first-order chi connectivity index (χ1) is 11.8. The highest BCUT2D eigenvalue weighted by Crippen LogP contribution is 2.17. The monoisotopic (exact) mass is 404 g/mol. The van der Waals surface area contributed by atoms with Gasteiger partial charge in [-0.15, -0.1) is 0 Å². The first-order valence-electron chi connectivity index (χ1n) is 7.89. The predicted molar refractivity (Wildman–Crippen MR) is 102 cm³/mol. The molecule has 0 radical (unpaired) electrons. The molecule has 0 heterocycles. The molecule has 0 saturated heterocycles. The molecule has 0 bridgehead atoms. The molecule has 25 heavy (non-hydrogen) atoms.